The first-order valence-corrected chi connectivity index (χ1v) is 21.8. The van der Waals surface area contributed by atoms with Gasteiger partial charge in [0, 0.05) is 50.0 Å². The van der Waals surface area contributed by atoms with E-state index in [1.807, 2.05) is 18.3 Å². The van der Waals surface area contributed by atoms with E-state index in [4.69, 9.17) is 23.2 Å². The molecule has 8 rings (SSSR count). The van der Waals surface area contributed by atoms with Gasteiger partial charge in [-0.25, -0.2) is 0 Å². The Morgan fingerprint density at radius 3 is 2.16 bits per heavy atom. The minimum atomic E-state index is -0.134. The van der Waals surface area contributed by atoms with Crippen LogP contribution in [-0.4, -0.2) is 52.9 Å². The summed E-state index contributed by atoms with van der Waals surface area (Å²) in [5.41, 5.74) is 15.6. The number of pyridine rings is 1. The maximum atomic E-state index is 14.1. The standard InChI is InChI=1S/C50H56Cl2N4O/c1-33-34(2)53-24-22-46(33)39-18-13-36(14-19-39)21-23-54-50(57)49-29-41-28-43-31-55(3)30-42(26-40(43)27-44(41)32-56(49)45-7-5-4-6-8-45)38-16-11-35(12-17-38)9-10-37-15-20-47(51)48(52)25-37/h11-20,22,24-25,27-28,42,45,49H,4-10,21,23,26,29-32H2,1-3H3,(H,54,57). The van der Waals surface area contributed by atoms with Crippen molar-refractivity contribution in [1.29, 1.82) is 0 Å². The molecule has 3 heterocycles. The fraction of sp³-hybridized carbons (Fsp3) is 0.400. The predicted molar refractivity (Wildman–Crippen MR) is 235 cm³/mol. The Bertz CT molecular complexity index is 2190. The Morgan fingerprint density at radius 2 is 1.40 bits per heavy atom. The monoisotopic (exact) mass is 798 g/mol. The van der Waals surface area contributed by atoms with Crippen LogP contribution in [0, 0.1) is 13.8 Å². The molecule has 1 fully saturated rings. The highest BCUT2D eigenvalue weighted by Gasteiger charge is 2.37. The van der Waals surface area contributed by atoms with Gasteiger partial charge in [0.15, 0.2) is 0 Å². The fourth-order valence-electron chi connectivity index (χ4n) is 9.61. The van der Waals surface area contributed by atoms with E-state index in [-0.39, 0.29) is 11.9 Å². The topological polar surface area (TPSA) is 48.5 Å². The molecule has 0 spiro atoms. The largest absolute Gasteiger partial charge is 0.354 e. The Labute approximate surface area is 349 Å². The van der Waals surface area contributed by atoms with Crippen LogP contribution in [0.5, 0.6) is 0 Å². The number of rotatable bonds is 10. The molecule has 1 N–H and O–H groups in total. The quantitative estimate of drug-likeness (QED) is 0.153. The van der Waals surface area contributed by atoms with Crippen molar-refractivity contribution in [2.24, 2.45) is 0 Å². The average Bonchev–Trinajstić information content (AvgIpc) is 3.39. The number of nitrogens with one attached hydrogen (secondary N) is 1. The summed E-state index contributed by atoms with van der Waals surface area (Å²) in [5, 5.41) is 4.60. The third-order valence-corrected chi connectivity index (χ3v) is 13.8. The van der Waals surface area contributed by atoms with Crippen LogP contribution < -0.4 is 5.32 Å². The van der Waals surface area contributed by atoms with Crippen molar-refractivity contribution < 1.29 is 4.79 Å². The lowest BCUT2D eigenvalue weighted by atomic mass is 9.84. The van der Waals surface area contributed by atoms with E-state index in [9.17, 15) is 4.79 Å². The summed E-state index contributed by atoms with van der Waals surface area (Å²) in [6.45, 7) is 7.65. The van der Waals surface area contributed by atoms with Crippen molar-refractivity contribution in [3.05, 3.63) is 157 Å². The van der Waals surface area contributed by atoms with Gasteiger partial charge in [-0.3, -0.25) is 14.7 Å². The van der Waals surface area contributed by atoms with Gasteiger partial charge >= 0.3 is 0 Å². The molecular weight excluding hydrogens is 743 g/mol. The number of hydrogen-bond acceptors (Lipinski definition) is 4. The summed E-state index contributed by atoms with van der Waals surface area (Å²) in [6.07, 6.45) is 12.6. The molecule has 5 aromatic rings. The van der Waals surface area contributed by atoms with Gasteiger partial charge in [0.1, 0.15) is 0 Å². The van der Waals surface area contributed by atoms with Crippen LogP contribution in [-0.2, 0) is 50.0 Å². The molecule has 2 unspecified atom stereocenters. The van der Waals surface area contributed by atoms with E-state index < -0.39 is 0 Å². The van der Waals surface area contributed by atoms with Gasteiger partial charge in [-0.1, -0.05) is 109 Å². The molecule has 5 nitrogen and oxygen atoms in total. The Balaban J connectivity index is 0.942. The van der Waals surface area contributed by atoms with Crippen LogP contribution >= 0.6 is 23.2 Å². The number of halogens is 2. The van der Waals surface area contributed by atoms with Crippen LogP contribution in [0.3, 0.4) is 0 Å². The van der Waals surface area contributed by atoms with Crippen LogP contribution in [0.4, 0.5) is 0 Å². The van der Waals surface area contributed by atoms with Gasteiger partial charge in [0.05, 0.1) is 16.1 Å². The van der Waals surface area contributed by atoms with Gasteiger partial charge in [0.25, 0.3) is 0 Å². The average molecular weight is 800 g/mol. The molecule has 1 saturated carbocycles. The van der Waals surface area contributed by atoms with Gasteiger partial charge in [-0.05, 0) is 145 Å². The molecule has 1 aromatic heterocycles. The first-order chi connectivity index (χ1) is 27.7. The number of benzene rings is 4. The maximum absolute atomic E-state index is 14.1. The minimum absolute atomic E-state index is 0.134. The number of nitrogens with zero attached hydrogens (tertiary/aromatic N) is 3. The van der Waals surface area contributed by atoms with Crippen molar-refractivity contribution in [3.63, 3.8) is 0 Å². The van der Waals surface area contributed by atoms with Crippen molar-refractivity contribution in [3.8, 4) is 11.1 Å². The molecule has 296 valence electrons. The van der Waals surface area contributed by atoms with Crippen molar-refractivity contribution in [2.75, 3.05) is 20.1 Å². The molecular formula is C50H56Cl2N4O. The molecule has 1 amide bonds. The molecule has 2 atom stereocenters. The third-order valence-electron chi connectivity index (χ3n) is 13.0. The first kappa shape index (κ1) is 39.8. The number of fused-ring (bicyclic) bond motifs is 2. The van der Waals surface area contributed by atoms with Gasteiger partial charge in [0.2, 0.25) is 5.91 Å². The zero-order valence-corrected chi connectivity index (χ0v) is 35.3. The molecule has 4 aromatic carbocycles. The number of likely N-dealkylation sites (N-methyl/N-ethyl adjacent to an activating group) is 1. The van der Waals surface area contributed by atoms with Crippen molar-refractivity contribution >= 4 is 29.1 Å². The molecule has 2 aliphatic heterocycles. The van der Waals surface area contributed by atoms with E-state index in [1.54, 1.807) is 0 Å². The molecule has 0 bridgehead atoms. The van der Waals surface area contributed by atoms with E-state index in [0.717, 1.165) is 57.4 Å². The number of carbonyl (C=O) groups is 1. The summed E-state index contributed by atoms with van der Waals surface area (Å²) in [6, 6.07) is 31.4. The van der Waals surface area contributed by atoms with E-state index in [1.165, 1.54) is 93.3 Å². The highest BCUT2D eigenvalue weighted by Crippen LogP contribution is 2.36. The molecule has 3 aliphatic rings. The third kappa shape index (κ3) is 9.34. The normalized spacial score (nSPS) is 19.1. The van der Waals surface area contributed by atoms with Gasteiger partial charge in [-0.15, -0.1) is 0 Å². The Kier molecular flexibility index (Phi) is 12.5. The van der Waals surface area contributed by atoms with Crippen LogP contribution in [0.15, 0.2) is 91.1 Å². The van der Waals surface area contributed by atoms with Gasteiger partial charge < -0.3 is 10.2 Å². The molecule has 7 heteroatoms. The zero-order chi connectivity index (χ0) is 39.5. The Morgan fingerprint density at radius 1 is 0.737 bits per heavy atom. The first-order valence-electron chi connectivity index (χ1n) is 21.1. The Hall–Kier alpha value is -4.00. The fourth-order valence-corrected chi connectivity index (χ4v) is 9.94. The second kappa shape index (κ2) is 17.9. The van der Waals surface area contributed by atoms with Crippen molar-refractivity contribution in [2.45, 2.75) is 109 Å². The lowest BCUT2D eigenvalue weighted by Gasteiger charge is -2.43. The number of aryl methyl sites for hydroxylation is 3. The minimum Gasteiger partial charge on any atom is -0.354 e. The van der Waals surface area contributed by atoms with E-state index >= 15 is 0 Å². The maximum Gasteiger partial charge on any atom is 0.237 e. The highest BCUT2D eigenvalue weighted by atomic mass is 35.5. The molecule has 0 saturated heterocycles. The second-order valence-electron chi connectivity index (χ2n) is 17.0. The van der Waals surface area contributed by atoms with Gasteiger partial charge in [-0.2, -0.15) is 0 Å². The second-order valence-corrected chi connectivity index (χ2v) is 17.8. The summed E-state index contributed by atoms with van der Waals surface area (Å²) < 4.78 is 0. The van der Waals surface area contributed by atoms with E-state index in [2.05, 4.69) is 114 Å². The number of carbonyl (C=O) groups excluding carboxylic acids is 1. The lowest BCUT2D eigenvalue weighted by molar-refractivity contribution is -0.128. The lowest BCUT2D eigenvalue weighted by Crippen LogP contribution is -2.54. The summed E-state index contributed by atoms with van der Waals surface area (Å²) in [5.74, 6) is 0.605. The number of hydrogen-bond donors (Lipinski definition) is 1. The van der Waals surface area contributed by atoms with Crippen LogP contribution in [0.2, 0.25) is 10.0 Å². The number of amides is 1. The highest BCUT2D eigenvalue weighted by molar-refractivity contribution is 6.42. The smallest absolute Gasteiger partial charge is 0.237 e. The summed E-state index contributed by atoms with van der Waals surface area (Å²) in [7, 11) is 2.25. The molecule has 57 heavy (non-hydrogen) atoms. The summed E-state index contributed by atoms with van der Waals surface area (Å²) in [4.78, 5) is 23.6. The molecule has 1 aliphatic carbocycles. The van der Waals surface area contributed by atoms with Crippen LogP contribution in [0.1, 0.15) is 93.8 Å². The summed E-state index contributed by atoms with van der Waals surface area (Å²) >= 11 is 12.4. The zero-order valence-electron chi connectivity index (χ0n) is 33.8. The molecule has 0 radical (unpaired) electrons. The number of aromatic nitrogens is 1. The van der Waals surface area contributed by atoms with Crippen LogP contribution in [0.25, 0.3) is 11.1 Å². The van der Waals surface area contributed by atoms with E-state index in [0.29, 0.717) is 28.5 Å². The SMILES string of the molecule is Cc1nccc(-c2ccc(CCNC(=O)C3Cc4cc5c(cc4CN3C3CCCCC3)CC(c3ccc(CCc4ccc(Cl)c(Cl)c4)cc3)CN(C)C5)cc2)c1C. The predicted octanol–water partition coefficient (Wildman–Crippen LogP) is 10.6. The van der Waals surface area contributed by atoms with Crippen molar-refractivity contribution in [1.82, 2.24) is 20.1 Å².